The van der Waals surface area contributed by atoms with Gasteiger partial charge in [0.25, 0.3) is 0 Å². The van der Waals surface area contributed by atoms with Crippen LogP contribution in [0.3, 0.4) is 0 Å². The van der Waals surface area contributed by atoms with Crippen LogP contribution in [0.15, 0.2) is 43.0 Å². The Morgan fingerprint density at radius 3 is 2.93 bits per heavy atom. The van der Waals surface area contributed by atoms with Gasteiger partial charge >= 0.3 is 0 Å². The van der Waals surface area contributed by atoms with Crippen molar-refractivity contribution in [3.05, 3.63) is 48.5 Å². The van der Waals surface area contributed by atoms with E-state index in [1.807, 2.05) is 17.1 Å². The fourth-order valence-electron chi connectivity index (χ4n) is 1.64. The van der Waals surface area contributed by atoms with Crippen molar-refractivity contribution in [3.63, 3.8) is 0 Å². The van der Waals surface area contributed by atoms with E-state index in [1.54, 1.807) is 6.20 Å². The fourth-order valence-corrected chi connectivity index (χ4v) is 1.64. The van der Waals surface area contributed by atoms with Crippen molar-refractivity contribution in [2.24, 2.45) is 0 Å². The molecule has 1 unspecified atom stereocenters. The summed E-state index contributed by atoms with van der Waals surface area (Å²) in [4.78, 5) is 4.06. The van der Waals surface area contributed by atoms with E-state index in [0.717, 1.165) is 0 Å². The molecule has 0 fully saturated rings. The van der Waals surface area contributed by atoms with Gasteiger partial charge in [-0.1, -0.05) is 26.0 Å². The second kappa shape index (κ2) is 4.30. The highest BCUT2D eigenvalue weighted by Crippen LogP contribution is 2.20. The zero-order chi connectivity index (χ0) is 10.7. The van der Waals surface area contributed by atoms with E-state index in [0.29, 0.717) is 5.92 Å². The summed E-state index contributed by atoms with van der Waals surface area (Å²) in [5.41, 5.74) is 2.58. The Morgan fingerprint density at radius 1 is 1.40 bits per heavy atom. The quantitative estimate of drug-likeness (QED) is 0.742. The predicted octanol–water partition coefficient (Wildman–Crippen LogP) is 3.39. The maximum atomic E-state index is 4.06. The summed E-state index contributed by atoms with van der Waals surface area (Å²) in [6.07, 6.45) is 6.77. The predicted molar refractivity (Wildman–Crippen MR) is 62.3 cm³/mol. The van der Waals surface area contributed by atoms with Crippen molar-refractivity contribution in [2.45, 2.75) is 26.2 Å². The first kappa shape index (κ1) is 9.97. The van der Waals surface area contributed by atoms with Crippen molar-refractivity contribution in [3.8, 4) is 5.69 Å². The summed E-state index contributed by atoms with van der Waals surface area (Å²) in [7, 11) is 0. The van der Waals surface area contributed by atoms with E-state index in [4.69, 9.17) is 0 Å². The van der Waals surface area contributed by atoms with Crippen LogP contribution in [0.25, 0.3) is 5.69 Å². The van der Waals surface area contributed by atoms with Crippen molar-refractivity contribution in [2.75, 3.05) is 0 Å². The summed E-state index contributed by atoms with van der Waals surface area (Å²) < 4.78 is 2.03. The number of hydrogen-bond donors (Lipinski definition) is 0. The van der Waals surface area contributed by atoms with Crippen LogP contribution in [-0.4, -0.2) is 9.55 Å². The van der Waals surface area contributed by atoms with Crippen molar-refractivity contribution < 1.29 is 0 Å². The van der Waals surface area contributed by atoms with Crippen molar-refractivity contribution >= 4 is 0 Å². The first-order chi connectivity index (χ1) is 7.31. The van der Waals surface area contributed by atoms with Crippen LogP contribution in [0.2, 0.25) is 0 Å². The minimum Gasteiger partial charge on any atom is -0.306 e. The number of hydrogen-bond acceptors (Lipinski definition) is 1. The molecular weight excluding hydrogens is 184 g/mol. The molecule has 1 aromatic carbocycles. The number of aromatic nitrogens is 2. The average molecular weight is 200 g/mol. The van der Waals surface area contributed by atoms with Crippen LogP contribution in [0, 0.1) is 0 Å². The highest BCUT2D eigenvalue weighted by molar-refractivity contribution is 5.37. The monoisotopic (exact) mass is 200 g/mol. The molecule has 0 aliphatic heterocycles. The molecule has 0 aliphatic carbocycles. The second-order valence-corrected chi connectivity index (χ2v) is 3.87. The maximum absolute atomic E-state index is 4.06. The Bertz CT molecular complexity index is 418. The van der Waals surface area contributed by atoms with Gasteiger partial charge in [0.05, 0.1) is 6.33 Å². The topological polar surface area (TPSA) is 17.8 Å². The Kier molecular flexibility index (Phi) is 2.86. The molecule has 1 heterocycles. The third kappa shape index (κ3) is 2.09. The summed E-state index contributed by atoms with van der Waals surface area (Å²) >= 11 is 0. The summed E-state index contributed by atoms with van der Waals surface area (Å²) in [6, 6.07) is 8.63. The Labute approximate surface area is 90.6 Å². The SMILES string of the molecule is CCC(C)c1cccc(-n2ccnc2)c1. The average Bonchev–Trinajstić information content (AvgIpc) is 2.82. The Balaban J connectivity index is 2.35. The zero-order valence-corrected chi connectivity index (χ0v) is 9.22. The lowest BCUT2D eigenvalue weighted by atomic mass is 9.98. The number of rotatable bonds is 3. The van der Waals surface area contributed by atoms with Crippen LogP contribution in [-0.2, 0) is 0 Å². The van der Waals surface area contributed by atoms with Crippen LogP contribution < -0.4 is 0 Å². The molecule has 0 bridgehead atoms. The summed E-state index contributed by atoms with van der Waals surface area (Å²) in [6.45, 7) is 4.47. The third-order valence-electron chi connectivity index (χ3n) is 2.85. The van der Waals surface area contributed by atoms with E-state index >= 15 is 0 Å². The van der Waals surface area contributed by atoms with E-state index in [-0.39, 0.29) is 0 Å². The maximum Gasteiger partial charge on any atom is 0.0991 e. The molecule has 2 nitrogen and oxygen atoms in total. The van der Waals surface area contributed by atoms with Crippen LogP contribution in [0.4, 0.5) is 0 Å². The molecule has 15 heavy (non-hydrogen) atoms. The molecular formula is C13H16N2. The van der Waals surface area contributed by atoms with E-state index in [1.165, 1.54) is 17.7 Å². The molecule has 1 atom stereocenters. The lowest BCUT2D eigenvalue weighted by Crippen LogP contribution is -1.95. The standard InChI is InChI=1S/C13H16N2/c1-3-11(2)12-5-4-6-13(9-12)15-8-7-14-10-15/h4-11H,3H2,1-2H3. The number of nitrogens with zero attached hydrogens (tertiary/aromatic N) is 2. The van der Waals surface area contributed by atoms with Crippen molar-refractivity contribution in [1.82, 2.24) is 9.55 Å². The first-order valence-corrected chi connectivity index (χ1v) is 5.39. The van der Waals surface area contributed by atoms with E-state index in [9.17, 15) is 0 Å². The van der Waals surface area contributed by atoms with E-state index < -0.39 is 0 Å². The zero-order valence-electron chi connectivity index (χ0n) is 9.22. The van der Waals surface area contributed by atoms with Gasteiger partial charge in [0.2, 0.25) is 0 Å². The van der Waals surface area contributed by atoms with Crippen LogP contribution in [0.5, 0.6) is 0 Å². The molecule has 0 radical (unpaired) electrons. The highest BCUT2D eigenvalue weighted by Gasteiger charge is 2.03. The smallest absolute Gasteiger partial charge is 0.0991 e. The fraction of sp³-hybridized carbons (Fsp3) is 0.308. The lowest BCUT2D eigenvalue weighted by molar-refractivity contribution is 0.732. The van der Waals surface area contributed by atoms with Gasteiger partial charge in [-0.05, 0) is 30.0 Å². The molecule has 1 aromatic heterocycles. The Hall–Kier alpha value is -1.57. The molecule has 0 N–H and O–H groups in total. The largest absolute Gasteiger partial charge is 0.306 e. The third-order valence-corrected chi connectivity index (χ3v) is 2.85. The molecule has 0 saturated carbocycles. The number of imidazole rings is 1. The minimum absolute atomic E-state index is 0.619. The van der Waals surface area contributed by atoms with Gasteiger partial charge in [0.15, 0.2) is 0 Å². The molecule has 78 valence electrons. The van der Waals surface area contributed by atoms with Gasteiger partial charge < -0.3 is 4.57 Å². The number of benzene rings is 1. The highest BCUT2D eigenvalue weighted by atomic mass is 15.0. The van der Waals surface area contributed by atoms with Gasteiger partial charge in [-0.25, -0.2) is 4.98 Å². The molecule has 0 saturated heterocycles. The van der Waals surface area contributed by atoms with Gasteiger partial charge in [-0.15, -0.1) is 0 Å². The van der Waals surface area contributed by atoms with E-state index in [2.05, 4.69) is 43.1 Å². The molecule has 2 aromatic rings. The molecule has 0 amide bonds. The second-order valence-electron chi connectivity index (χ2n) is 3.87. The van der Waals surface area contributed by atoms with Gasteiger partial charge in [-0.2, -0.15) is 0 Å². The Morgan fingerprint density at radius 2 is 2.27 bits per heavy atom. The molecule has 2 rings (SSSR count). The normalized spacial score (nSPS) is 12.7. The molecule has 0 aliphatic rings. The molecule has 2 heteroatoms. The van der Waals surface area contributed by atoms with Crippen LogP contribution in [0.1, 0.15) is 31.7 Å². The van der Waals surface area contributed by atoms with Crippen molar-refractivity contribution in [1.29, 1.82) is 0 Å². The first-order valence-electron chi connectivity index (χ1n) is 5.39. The lowest BCUT2D eigenvalue weighted by Gasteiger charge is -2.10. The van der Waals surface area contributed by atoms with Gasteiger partial charge in [0, 0.05) is 18.1 Å². The van der Waals surface area contributed by atoms with Crippen LogP contribution >= 0.6 is 0 Å². The minimum atomic E-state index is 0.619. The summed E-state index contributed by atoms with van der Waals surface area (Å²) in [5, 5.41) is 0. The van der Waals surface area contributed by atoms with Gasteiger partial charge in [0.1, 0.15) is 0 Å². The summed E-state index contributed by atoms with van der Waals surface area (Å²) in [5.74, 6) is 0.619. The van der Waals surface area contributed by atoms with Gasteiger partial charge in [-0.3, -0.25) is 0 Å². The molecule has 0 spiro atoms.